The van der Waals surface area contributed by atoms with Crippen molar-refractivity contribution >= 4 is 10.1 Å². The van der Waals surface area contributed by atoms with E-state index in [2.05, 4.69) is 35.5 Å². The molecule has 0 saturated carbocycles. The average Bonchev–Trinajstić information content (AvgIpc) is 2.97. The Hall–Kier alpha value is -2.13. The van der Waals surface area contributed by atoms with Gasteiger partial charge < -0.3 is 0 Å². The van der Waals surface area contributed by atoms with Crippen LogP contribution in [-0.4, -0.2) is 19.5 Å². The molecule has 0 fully saturated rings. The summed E-state index contributed by atoms with van der Waals surface area (Å²) in [5.41, 5.74) is 2.90. The fourth-order valence-corrected chi connectivity index (χ4v) is 3.04. The number of hydrogen-bond acceptors (Lipinski definition) is 3. The molecule has 0 amide bonds. The van der Waals surface area contributed by atoms with Crippen LogP contribution in [0.2, 0.25) is 0 Å². The van der Waals surface area contributed by atoms with Gasteiger partial charge >= 0.3 is 0 Å². The van der Waals surface area contributed by atoms with Crippen molar-refractivity contribution in [2.24, 2.45) is 0 Å². The molecule has 2 aromatic carbocycles. The van der Waals surface area contributed by atoms with E-state index in [0.29, 0.717) is 12.6 Å². The molecule has 0 aromatic heterocycles. The molecular formula is C18H19NO3S. The minimum Gasteiger partial charge on any atom is -0.299 e. The van der Waals surface area contributed by atoms with Gasteiger partial charge in [-0.25, -0.2) is 0 Å². The predicted molar refractivity (Wildman–Crippen MR) is 90.6 cm³/mol. The molecule has 1 atom stereocenters. The van der Waals surface area contributed by atoms with Gasteiger partial charge in [0.15, 0.2) is 0 Å². The molecule has 3 rings (SSSR count). The summed E-state index contributed by atoms with van der Waals surface area (Å²) in [7, 11) is -4.00. The fourth-order valence-electron chi connectivity index (χ4n) is 2.54. The SMILES string of the molecule is C#CCN[C@@H]1CCc2ccccc21.O=S(=O)(O)c1ccccc1. The summed E-state index contributed by atoms with van der Waals surface area (Å²) in [6, 6.07) is 16.5. The summed E-state index contributed by atoms with van der Waals surface area (Å²) in [5.74, 6) is 2.61. The predicted octanol–water partition coefficient (Wildman–Crippen LogP) is 2.83. The second kappa shape index (κ2) is 7.93. The van der Waals surface area contributed by atoms with Crippen LogP contribution in [0.25, 0.3) is 0 Å². The van der Waals surface area contributed by atoms with Crippen molar-refractivity contribution < 1.29 is 13.0 Å². The minimum atomic E-state index is -4.00. The van der Waals surface area contributed by atoms with E-state index in [1.54, 1.807) is 18.2 Å². The zero-order chi connectivity index (χ0) is 16.7. The summed E-state index contributed by atoms with van der Waals surface area (Å²) in [5, 5.41) is 3.35. The highest BCUT2D eigenvalue weighted by Gasteiger charge is 2.20. The Morgan fingerprint density at radius 1 is 1.13 bits per heavy atom. The van der Waals surface area contributed by atoms with Gasteiger partial charge in [0.2, 0.25) is 0 Å². The maximum atomic E-state index is 10.4. The van der Waals surface area contributed by atoms with Crippen molar-refractivity contribution in [1.29, 1.82) is 0 Å². The maximum Gasteiger partial charge on any atom is 0.294 e. The van der Waals surface area contributed by atoms with Gasteiger partial charge in [0.25, 0.3) is 10.1 Å². The van der Waals surface area contributed by atoms with E-state index in [9.17, 15) is 8.42 Å². The van der Waals surface area contributed by atoms with Crippen LogP contribution < -0.4 is 5.32 Å². The zero-order valence-electron chi connectivity index (χ0n) is 12.6. The number of benzene rings is 2. The number of aryl methyl sites for hydroxylation is 1. The first kappa shape index (κ1) is 17.2. The molecule has 2 N–H and O–H groups in total. The van der Waals surface area contributed by atoms with Crippen LogP contribution in [0.15, 0.2) is 59.5 Å². The molecule has 0 saturated heterocycles. The first-order valence-corrected chi connectivity index (χ1v) is 8.73. The van der Waals surface area contributed by atoms with Crippen molar-refractivity contribution in [3.8, 4) is 12.3 Å². The maximum absolute atomic E-state index is 10.4. The lowest BCUT2D eigenvalue weighted by Crippen LogP contribution is -2.19. The van der Waals surface area contributed by atoms with E-state index < -0.39 is 10.1 Å². The Kier molecular flexibility index (Phi) is 5.94. The third kappa shape index (κ3) is 4.93. The quantitative estimate of drug-likeness (QED) is 0.671. The number of terminal acetylenes is 1. The standard InChI is InChI=1S/C12H13N.C6H6O3S/c1-2-9-13-12-8-7-10-5-3-4-6-11(10)12;7-10(8,9)6-4-2-1-3-5-6/h1,3-6,12-13H,7-9H2;1-5H,(H,7,8,9)/t12-;/m1./s1. The Labute approximate surface area is 137 Å². The Morgan fingerprint density at radius 3 is 2.39 bits per heavy atom. The summed E-state index contributed by atoms with van der Waals surface area (Å²) >= 11 is 0. The fraction of sp³-hybridized carbons (Fsp3) is 0.222. The lowest BCUT2D eigenvalue weighted by atomic mass is 10.1. The van der Waals surface area contributed by atoms with Gasteiger partial charge in [-0.15, -0.1) is 6.42 Å². The third-order valence-electron chi connectivity index (χ3n) is 3.62. The number of nitrogens with one attached hydrogen (secondary N) is 1. The Morgan fingerprint density at radius 2 is 1.78 bits per heavy atom. The largest absolute Gasteiger partial charge is 0.299 e. The molecular weight excluding hydrogens is 310 g/mol. The molecule has 0 radical (unpaired) electrons. The molecule has 0 spiro atoms. The number of hydrogen-bond donors (Lipinski definition) is 2. The number of fused-ring (bicyclic) bond motifs is 1. The van der Waals surface area contributed by atoms with Gasteiger partial charge in [-0.3, -0.25) is 9.87 Å². The van der Waals surface area contributed by atoms with E-state index in [1.807, 2.05) is 0 Å². The molecule has 1 aliphatic carbocycles. The van der Waals surface area contributed by atoms with E-state index in [-0.39, 0.29) is 4.90 Å². The molecule has 2 aromatic rings. The van der Waals surface area contributed by atoms with Gasteiger partial charge in [0.05, 0.1) is 11.4 Å². The van der Waals surface area contributed by atoms with Gasteiger partial charge in [-0.1, -0.05) is 48.4 Å². The molecule has 0 unspecified atom stereocenters. The summed E-state index contributed by atoms with van der Waals surface area (Å²) in [6.07, 6.45) is 7.57. The average molecular weight is 329 g/mol. The summed E-state index contributed by atoms with van der Waals surface area (Å²) < 4.78 is 29.2. The molecule has 4 nitrogen and oxygen atoms in total. The molecule has 0 bridgehead atoms. The van der Waals surface area contributed by atoms with Crippen LogP contribution in [0.3, 0.4) is 0 Å². The van der Waals surface area contributed by atoms with E-state index in [4.69, 9.17) is 11.0 Å². The van der Waals surface area contributed by atoms with Crippen LogP contribution >= 0.6 is 0 Å². The van der Waals surface area contributed by atoms with Crippen LogP contribution in [0.5, 0.6) is 0 Å². The van der Waals surface area contributed by atoms with E-state index >= 15 is 0 Å². The van der Waals surface area contributed by atoms with Crippen molar-refractivity contribution in [3.63, 3.8) is 0 Å². The highest BCUT2D eigenvalue weighted by molar-refractivity contribution is 7.85. The molecule has 120 valence electrons. The molecule has 0 heterocycles. The van der Waals surface area contributed by atoms with Gasteiger partial charge in [0, 0.05) is 6.04 Å². The summed E-state index contributed by atoms with van der Waals surface area (Å²) in [6.45, 7) is 0.666. The van der Waals surface area contributed by atoms with Crippen LogP contribution in [0.1, 0.15) is 23.6 Å². The van der Waals surface area contributed by atoms with Crippen LogP contribution in [0, 0.1) is 12.3 Å². The zero-order valence-corrected chi connectivity index (χ0v) is 13.5. The van der Waals surface area contributed by atoms with Crippen LogP contribution in [0.4, 0.5) is 0 Å². The van der Waals surface area contributed by atoms with Crippen molar-refractivity contribution in [2.45, 2.75) is 23.8 Å². The van der Waals surface area contributed by atoms with E-state index in [0.717, 1.165) is 0 Å². The second-order valence-electron chi connectivity index (χ2n) is 5.16. The molecule has 1 aliphatic rings. The first-order chi connectivity index (χ1) is 11.0. The topological polar surface area (TPSA) is 66.4 Å². The van der Waals surface area contributed by atoms with Crippen LogP contribution in [-0.2, 0) is 16.5 Å². The third-order valence-corrected chi connectivity index (χ3v) is 4.49. The van der Waals surface area contributed by atoms with Gasteiger partial charge in [-0.2, -0.15) is 8.42 Å². The molecule has 23 heavy (non-hydrogen) atoms. The van der Waals surface area contributed by atoms with Crippen molar-refractivity contribution in [1.82, 2.24) is 5.32 Å². The summed E-state index contributed by atoms with van der Waals surface area (Å²) in [4.78, 5) is -0.0741. The Balaban J connectivity index is 0.000000174. The number of rotatable bonds is 3. The smallest absolute Gasteiger partial charge is 0.294 e. The van der Waals surface area contributed by atoms with Gasteiger partial charge in [-0.05, 0) is 36.1 Å². The molecule has 5 heteroatoms. The monoisotopic (exact) mass is 329 g/mol. The van der Waals surface area contributed by atoms with Gasteiger partial charge in [0.1, 0.15) is 0 Å². The van der Waals surface area contributed by atoms with Crippen molar-refractivity contribution in [3.05, 3.63) is 65.7 Å². The highest BCUT2D eigenvalue weighted by atomic mass is 32.2. The normalized spacial score (nSPS) is 15.9. The van der Waals surface area contributed by atoms with E-state index in [1.165, 1.54) is 36.1 Å². The van der Waals surface area contributed by atoms with Crippen molar-refractivity contribution in [2.75, 3.05) is 6.54 Å². The lowest BCUT2D eigenvalue weighted by molar-refractivity contribution is 0.483. The highest BCUT2D eigenvalue weighted by Crippen LogP contribution is 2.30. The second-order valence-corrected chi connectivity index (χ2v) is 6.58. The molecule has 0 aliphatic heterocycles. The Bertz CT molecular complexity index is 779. The lowest BCUT2D eigenvalue weighted by Gasteiger charge is -2.10. The first-order valence-electron chi connectivity index (χ1n) is 7.29. The minimum absolute atomic E-state index is 0.0741.